The zero-order valence-electron chi connectivity index (χ0n) is 10.7. The van der Waals surface area contributed by atoms with Crippen LogP contribution < -0.4 is 15.2 Å². The molecule has 0 aliphatic rings. The lowest BCUT2D eigenvalue weighted by molar-refractivity contribution is 0.374. The predicted molar refractivity (Wildman–Crippen MR) is 71.2 cm³/mol. The van der Waals surface area contributed by atoms with Gasteiger partial charge in [-0.25, -0.2) is 4.98 Å². The number of rotatable bonds is 3. The molecule has 0 spiro atoms. The highest BCUT2D eigenvalue weighted by Gasteiger charge is 2.08. The topological polar surface area (TPSA) is 81.2 Å². The van der Waals surface area contributed by atoms with Crippen molar-refractivity contribution in [3.63, 3.8) is 0 Å². The van der Waals surface area contributed by atoms with Gasteiger partial charge >= 0.3 is 0 Å². The van der Waals surface area contributed by atoms with Gasteiger partial charge in [0.1, 0.15) is 0 Å². The number of ether oxygens (including phenoxy) is 2. The minimum Gasteiger partial charge on any atom is -0.493 e. The molecule has 19 heavy (non-hydrogen) atoms. The summed E-state index contributed by atoms with van der Waals surface area (Å²) in [5, 5.41) is 8.83. The molecule has 5 heteroatoms. The van der Waals surface area contributed by atoms with Gasteiger partial charge in [-0.05, 0) is 25.1 Å². The molecule has 2 N–H and O–H groups in total. The fourth-order valence-corrected chi connectivity index (χ4v) is 1.54. The molecule has 0 unspecified atom stereocenters. The molecule has 0 amide bonds. The van der Waals surface area contributed by atoms with Crippen LogP contribution in [0.15, 0.2) is 30.3 Å². The minimum absolute atomic E-state index is 0.426. The maximum atomic E-state index is 8.83. The van der Waals surface area contributed by atoms with Crippen LogP contribution in [0.25, 0.3) is 0 Å². The van der Waals surface area contributed by atoms with Crippen molar-refractivity contribution in [2.45, 2.75) is 6.92 Å². The Morgan fingerprint density at radius 2 is 2.00 bits per heavy atom. The van der Waals surface area contributed by atoms with E-state index >= 15 is 0 Å². The van der Waals surface area contributed by atoms with Gasteiger partial charge < -0.3 is 15.2 Å². The number of methoxy groups -OCH3 is 1. The van der Waals surface area contributed by atoms with Gasteiger partial charge in [-0.2, -0.15) is 5.26 Å². The summed E-state index contributed by atoms with van der Waals surface area (Å²) in [6, 6.07) is 10.4. The number of nitrogens with zero attached hydrogens (tertiary/aromatic N) is 2. The lowest BCUT2D eigenvalue weighted by Crippen LogP contribution is -1.96. The van der Waals surface area contributed by atoms with E-state index in [1.54, 1.807) is 37.3 Å². The highest BCUT2D eigenvalue weighted by molar-refractivity contribution is 5.49. The zero-order chi connectivity index (χ0) is 13.8. The number of benzene rings is 1. The number of aromatic nitrogens is 1. The number of aryl methyl sites for hydroxylation is 1. The molecule has 0 fully saturated rings. The Bertz CT molecular complexity index is 648. The molecule has 1 aromatic heterocycles. The first kappa shape index (κ1) is 12.7. The quantitative estimate of drug-likeness (QED) is 0.911. The van der Waals surface area contributed by atoms with E-state index in [0.29, 0.717) is 34.3 Å². The first-order valence-electron chi connectivity index (χ1n) is 5.63. The molecule has 0 aliphatic carbocycles. The van der Waals surface area contributed by atoms with Crippen LogP contribution in [0.1, 0.15) is 11.3 Å². The summed E-state index contributed by atoms with van der Waals surface area (Å²) in [6.07, 6.45) is 0. The molecule has 0 saturated heterocycles. The van der Waals surface area contributed by atoms with Gasteiger partial charge in [-0.15, -0.1) is 0 Å². The van der Waals surface area contributed by atoms with Gasteiger partial charge in [0, 0.05) is 12.1 Å². The fourth-order valence-electron chi connectivity index (χ4n) is 1.54. The van der Waals surface area contributed by atoms with E-state index in [4.69, 9.17) is 20.5 Å². The molecule has 2 aromatic rings. The van der Waals surface area contributed by atoms with Crippen LogP contribution in [0.3, 0.4) is 0 Å². The van der Waals surface area contributed by atoms with Gasteiger partial charge in [0.2, 0.25) is 5.88 Å². The number of pyridine rings is 1. The summed E-state index contributed by atoms with van der Waals surface area (Å²) in [6.45, 7) is 1.80. The maximum Gasteiger partial charge on any atom is 0.219 e. The van der Waals surface area contributed by atoms with Crippen LogP contribution in [-0.4, -0.2) is 12.1 Å². The van der Waals surface area contributed by atoms with E-state index in [1.165, 1.54) is 7.11 Å². The summed E-state index contributed by atoms with van der Waals surface area (Å²) in [5.74, 6) is 1.41. The molecule has 0 radical (unpaired) electrons. The molecule has 96 valence electrons. The van der Waals surface area contributed by atoms with E-state index in [1.807, 2.05) is 6.07 Å². The number of nitriles is 1. The minimum atomic E-state index is 0.426. The second-order valence-corrected chi connectivity index (χ2v) is 3.90. The van der Waals surface area contributed by atoms with Crippen molar-refractivity contribution in [3.8, 4) is 23.4 Å². The van der Waals surface area contributed by atoms with Crippen LogP contribution in [0.4, 0.5) is 5.69 Å². The Hall–Kier alpha value is -2.74. The van der Waals surface area contributed by atoms with E-state index in [-0.39, 0.29) is 0 Å². The maximum absolute atomic E-state index is 8.83. The third kappa shape index (κ3) is 2.75. The smallest absolute Gasteiger partial charge is 0.219 e. The van der Waals surface area contributed by atoms with E-state index in [9.17, 15) is 0 Å². The van der Waals surface area contributed by atoms with E-state index in [0.717, 1.165) is 0 Å². The second-order valence-electron chi connectivity index (χ2n) is 3.90. The number of nitrogen functional groups attached to an aromatic ring is 1. The summed E-state index contributed by atoms with van der Waals surface area (Å²) >= 11 is 0. The van der Waals surface area contributed by atoms with Crippen molar-refractivity contribution in [1.82, 2.24) is 4.98 Å². The van der Waals surface area contributed by atoms with Gasteiger partial charge in [0.15, 0.2) is 11.5 Å². The fraction of sp³-hybridized carbons (Fsp3) is 0.143. The van der Waals surface area contributed by atoms with E-state index in [2.05, 4.69) is 4.98 Å². The van der Waals surface area contributed by atoms with Crippen LogP contribution in [0.5, 0.6) is 17.4 Å². The summed E-state index contributed by atoms with van der Waals surface area (Å²) in [5.41, 5.74) is 7.51. The Balaban J connectivity index is 2.32. The van der Waals surface area contributed by atoms with E-state index < -0.39 is 0 Å². The zero-order valence-corrected chi connectivity index (χ0v) is 10.7. The highest BCUT2D eigenvalue weighted by atomic mass is 16.5. The van der Waals surface area contributed by atoms with Crippen LogP contribution in [-0.2, 0) is 0 Å². The standard InChI is InChI=1S/C14H13N3O2/c1-9-11(16)4-6-14(17-9)19-12-5-3-10(8-15)7-13(12)18-2/h3-7H,16H2,1-2H3. The first-order valence-corrected chi connectivity index (χ1v) is 5.63. The van der Waals surface area contributed by atoms with Crippen LogP contribution in [0.2, 0.25) is 0 Å². The molecule has 1 heterocycles. The Labute approximate surface area is 111 Å². The van der Waals surface area contributed by atoms with Crippen molar-refractivity contribution >= 4 is 5.69 Å². The highest BCUT2D eigenvalue weighted by Crippen LogP contribution is 2.31. The predicted octanol–water partition coefficient (Wildman–Crippen LogP) is 2.64. The van der Waals surface area contributed by atoms with Gasteiger partial charge in [-0.3, -0.25) is 0 Å². The molecular weight excluding hydrogens is 242 g/mol. The first-order chi connectivity index (χ1) is 9.13. The molecule has 0 aliphatic heterocycles. The number of anilines is 1. The summed E-state index contributed by atoms with van der Waals surface area (Å²) in [7, 11) is 1.52. The van der Waals surface area contributed by atoms with Crippen molar-refractivity contribution in [1.29, 1.82) is 5.26 Å². The summed E-state index contributed by atoms with van der Waals surface area (Å²) < 4.78 is 10.8. The Morgan fingerprint density at radius 3 is 2.63 bits per heavy atom. The molecule has 1 aromatic carbocycles. The van der Waals surface area contributed by atoms with Crippen molar-refractivity contribution in [2.75, 3.05) is 12.8 Å². The van der Waals surface area contributed by atoms with Crippen molar-refractivity contribution in [3.05, 3.63) is 41.6 Å². The summed E-state index contributed by atoms with van der Waals surface area (Å²) in [4.78, 5) is 4.22. The van der Waals surface area contributed by atoms with Crippen molar-refractivity contribution < 1.29 is 9.47 Å². The van der Waals surface area contributed by atoms with Gasteiger partial charge in [0.25, 0.3) is 0 Å². The second kappa shape index (κ2) is 5.27. The normalized spacial score (nSPS) is 9.74. The van der Waals surface area contributed by atoms with Crippen LogP contribution >= 0.6 is 0 Å². The average molecular weight is 255 g/mol. The third-order valence-corrected chi connectivity index (χ3v) is 2.61. The Kier molecular flexibility index (Phi) is 3.53. The molecule has 0 atom stereocenters. The number of hydrogen-bond donors (Lipinski definition) is 1. The molecule has 2 rings (SSSR count). The van der Waals surface area contributed by atoms with Gasteiger partial charge in [0.05, 0.1) is 30.1 Å². The van der Waals surface area contributed by atoms with Crippen LogP contribution in [0, 0.1) is 18.3 Å². The molecule has 0 bridgehead atoms. The lowest BCUT2D eigenvalue weighted by Gasteiger charge is -2.10. The monoisotopic (exact) mass is 255 g/mol. The number of nitrogens with two attached hydrogens (primary N) is 1. The van der Waals surface area contributed by atoms with Gasteiger partial charge in [-0.1, -0.05) is 0 Å². The SMILES string of the molecule is COc1cc(C#N)ccc1Oc1ccc(N)c(C)n1. The molecule has 0 saturated carbocycles. The average Bonchev–Trinajstić information content (AvgIpc) is 2.43. The van der Waals surface area contributed by atoms with Crippen molar-refractivity contribution in [2.24, 2.45) is 0 Å². The Morgan fingerprint density at radius 1 is 1.21 bits per heavy atom. The number of hydrogen-bond acceptors (Lipinski definition) is 5. The third-order valence-electron chi connectivity index (χ3n) is 2.61. The largest absolute Gasteiger partial charge is 0.493 e. The molecular formula is C14H13N3O2. The lowest BCUT2D eigenvalue weighted by atomic mass is 10.2. The molecule has 5 nitrogen and oxygen atoms in total.